The molecule has 1 fully saturated rings. The lowest BCUT2D eigenvalue weighted by Crippen LogP contribution is -2.32. The summed E-state index contributed by atoms with van der Waals surface area (Å²) in [5.74, 6) is 0.888. The Bertz CT molecular complexity index is 920. The summed E-state index contributed by atoms with van der Waals surface area (Å²) in [5, 5.41) is 7.03. The molecule has 1 saturated carbocycles. The van der Waals surface area contributed by atoms with Gasteiger partial charge >= 0.3 is 0 Å². The zero-order chi connectivity index (χ0) is 20.9. The van der Waals surface area contributed by atoms with Gasteiger partial charge in [-0.05, 0) is 86.3 Å². The number of hydrogen-bond acceptors (Lipinski definition) is 4. The lowest BCUT2D eigenvalue weighted by Gasteiger charge is -2.20. The maximum absolute atomic E-state index is 11.6. The lowest BCUT2D eigenvalue weighted by atomic mass is 10.1. The van der Waals surface area contributed by atoms with Crippen molar-refractivity contribution in [1.82, 2.24) is 5.32 Å². The first-order chi connectivity index (χ1) is 13.8. The fourth-order valence-electron chi connectivity index (χ4n) is 3.51. The second-order valence-corrected chi connectivity index (χ2v) is 9.87. The third-order valence-electron chi connectivity index (χ3n) is 5.14. The first-order valence-corrected chi connectivity index (χ1v) is 12.3. The van der Waals surface area contributed by atoms with E-state index in [1.165, 1.54) is 19.1 Å². The normalized spacial score (nSPS) is 15.7. The van der Waals surface area contributed by atoms with E-state index in [1.807, 2.05) is 36.4 Å². The van der Waals surface area contributed by atoms with Gasteiger partial charge in [-0.2, -0.15) is 0 Å². The number of ether oxygens (including phenoxy) is 1. The molecule has 0 aliphatic heterocycles. The Balaban J connectivity index is 1.56. The molecule has 2 aromatic carbocycles. The standard InChI is InChI=1S/C22H28N2O3S2/c1-3-21(16-8-14-20(15-9-16)29(2,25)26)24-22(28)23-17-10-12-19(13-11-17)27-18-6-4-5-7-18/h8-15,18,21H,3-7H2,1-2H3,(H2,23,24,28)/t21-/m0/s1. The first-order valence-electron chi connectivity index (χ1n) is 9.99. The molecule has 0 heterocycles. The van der Waals surface area contributed by atoms with Crippen LogP contribution < -0.4 is 15.4 Å². The fourth-order valence-corrected chi connectivity index (χ4v) is 4.40. The van der Waals surface area contributed by atoms with Crippen LogP contribution in [0.3, 0.4) is 0 Å². The highest BCUT2D eigenvalue weighted by Gasteiger charge is 2.16. The van der Waals surface area contributed by atoms with E-state index in [1.54, 1.807) is 12.1 Å². The second kappa shape index (κ2) is 9.59. The van der Waals surface area contributed by atoms with E-state index in [0.717, 1.165) is 36.3 Å². The molecule has 5 nitrogen and oxygen atoms in total. The smallest absolute Gasteiger partial charge is 0.175 e. The number of hydrogen-bond donors (Lipinski definition) is 2. The Morgan fingerprint density at radius 3 is 2.28 bits per heavy atom. The quantitative estimate of drug-likeness (QED) is 0.610. The zero-order valence-corrected chi connectivity index (χ0v) is 18.5. The largest absolute Gasteiger partial charge is 0.490 e. The van der Waals surface area contributed by atoms with Crippen molar-refractivity contribution in [3.63, 3.8) is 0 Å². The molecule has 1 aliphatic rings. The van der Waals surface area contributed by atoms with Gasteiger partial charge in [0, 0.05) is 11.9 Å². The topological polar surface area (TPSA) is 67.4 Å². The molecule has 0 amide bonds. The summed E-state index contributed by atoms with van der Waals surface area (Å²) in [6.07, 6.45) is 7.14. The number of rotatable bonds is 7. The van der Waals surface area contributed by atoms with E-state index in [4.69, 9.17) is 17.0 Å². The Kier molecular flexibility index (Phi) is 7.14. The molecule has 1 aliphatic carbocycles. The van der Waals surface area contributed by atoms with E-state index in [-0.39, 0.29) is 6.04 Å². The van der Waals surface area contributed by atoms with Gasteiger partial charge < -0.3 is 15.4 Å². The van der Waals surface area contributed by atoms with Gasteiger partial charge in [0.05, 0.1) is 17.0 Å². The van der Waals surface area contributed by atoms with E-state index >= 15 is 0 Å². The van der Waals surface area contributed by atoms with Crippen molar-refractivity contribution in [1.29, 1.82) is 0 Å². The maximum Gasteiger partial charge on any atom is 0.175 e. The first kappa shape index (κ1) is 21.6. The molecular weight excluding hydrogens is 404 g/mol. The van der Waals surface area contributed by atoms with Gasteiger partial charge in [-0.15, -0.1) is 0 Å². The molecule has 29 heavy (non-hydrogen) atoms. The Morgan fingerprint density at radius 2 is 1.72 bits per heavy atom. The van der Waals surface area contributed by atoms with Crippen molar-refractivity contribution in [3.05, 3.63) is 54.1 Å². The maximum atomic E-state index is 11.6. The van der Waals surface area contributed by atoms with Crippen molar-refractivity contribution in [2.75, 3.05) is 11.6 Å². The van der Waals surface area contributed by atoms with Crippen LogP contribution in [0.1, 0.15) is 50.6 Å². The predicted molar refractivity (Wildman–Crippen MR) is 121 cm³/mol. The van der Waals surface area contributed by atoms with Crippen LogP contribution in [-0.2, 0) is 9.84 Å². The molecule has 0 radical (unpaired) electrons. The van der Waals surface area contributed by atoms with Crippen LogP contribution >= 0.6 is 12.2 Å². The van der Waals surface area contributed by atoms with Crippen LogP contribution in [0.4, 0.5) is 5.69 Å². The average molecular weight is 433 g/mol. The van der Waals surface area contributed by atoms with Crippen LogP contribution in [0.5, 0.6) is 5.75 Å². The summed E-state index contributed by atoms with van der Waals surface area (Å²) in [6, 6.07) is 14.8. The minimum atomic E-state index is -3.20. The number of sulfone groups is 1. The number of nitrogens with one attached hydrogen (secondary N) is 2. The Hall–Kier alpha value is -2.12. The van der Waals surface area contributed by atoms with Crippen LogP contribution in [0, 0.1) is 0 Å². The average Bonchev–Trinajstić information content (AvgIpc) is 3.20. The van der Waals surface area contributed by atoms with Crippen molar-refractivity contribution < 1.29 is 13.2 Å². The molecule has 0 bridgehead atoms. The molecule has 0 saturated heterocycles. The molecule has 0 spiro atoms. The van der Waals surface area contributed by atoms with Gasteiger partial charge in [0.1, 0.15) is 5.75 Å². The molecule has 1 atom stereocenters. The Labute approximate surface area is 178 Å². The van der Waals surface area contributed by atoms with E-state index in [9.17, 15) is 8.42 Å². The van der Waals surface area contributed by atoms with E-state index in [0.29, 0.717) is 16.1 Å². The van der Waals surface area contributed by atoms with Crippen LogP contribution in [0.2, 0.25) is 0 Å². The van der Waals surface area contributed by atoms with Gasteiger partial charge in [0.15, 0.2) is 14.9 Å². The molecule has 0 unspecified atom stereocenters. The number of anilines is 1. The van der Waals surface area contributed by atoms with Gasteiger partial charge in [-0.1, -0.05) is 19.1 Å². The van der Waals surface area contributed by atoms with Gasteiger partial charge in [-0.25, -0.2) is 8.42 Å². The summed E-state index contributed by atoms with van der Waals surface area (Å²) in [4.78, 5) is 0.316. The summed E-state index contributed by atoms with van der Waals surface area (Å²) in [6.45, 7) is 2.06. The minimum Gasteiger partial charge on any atom is -0.490 e. The molecule has 156 valence electrons. The van der Waals surface area contributed by atoms with Crippen molar-refractivity contribution in [2.24, 2.45) is 0 Å². The lowest BCUT2D eigenvalue weighted by molar-refractivity contribution is 0.210. The van der Waals surface area contributed by atoms with Crippen LogP contribution in [0.15, 0.2) is 53.4 Å². The SMILES string of the molecule is CC[C@H](NC(=S)Nc1ccc(OC2CCCC2)cc1)c1ccc(S(C)(=O)=O)cc1. The number of thiocarbonyl (C=S) groups is 1. The fraction of sp³-hybridized carbons (Fsp3) is 0.409. The summed E-state index contributed by atoms with van der Waals surface area (Å²) in [5.41, 5.74) is 1.88. The molecule has 0 aromatic heterocycles. The highest BCUT2D eigenvalue weighted by molar-refractivity contribution is 7.90. The molecule has 3 rings (SSSR count). The van der Waals surface area contributed by atoms with Crippen LogP contribution in [-0.4, -0.2) is 25.9 Å². The molecule has 2 N–H and O–H groups in total. The molecular formula is C22H28N2O3S2. The zero-order valence-electron chi connectivity index (χ0n) is 16.9. The van der Waals surface area contributed by atoms with Crippen LogP contribution in [0.25, 0.3) is 0 Å². The monoisotopic (exact) mass is 432 g/mol. The summed E-state index contributed by atoms with van der Waals surface area (Å²) >= 11 is 5.46. The van der Waals surface area contributed by atoms with Crippen molar-refractivity contribution in [2.45, 2.75) is 56.1 Å². The second-order valence-electron chi connectivity index (χ2n) is 7.45. The number of benzene rings is 2. The molecule has 2 aromatic rings. The summed E-state index contributed by atoms with van der Waals surface area (Å²) in [7, 11) is -3.20. The van der Waals surface area contributed by atoms with Crippen molar-refractivity contribution in [3.8, 4) is 5.75 Å². The van der Waals surface area contributed by atoms with Gasteiger partial charge in [0.25, 0.3) is 0 Å². The highest BCUT2D eigenvalue weighted by Crippen LogP contribution is 2.25. The summed E-state index contributed by atoms with van der Waals surface area (Å²) < 4.78 is 29.2. The van der Waals surface area contributed by atoms with E-state index in [2.05, 4.69) is 17.6 Å². The Morgan fingerprint density at radius 1 is 1.10 bits per heavy atom. The van der Waals surface area contributed by atoms with Crippen molar-refractivity contribution >= 4 is 32.9 Å². The third-order valence-corrected chi connectivity index (χ3v) is 6.49. The highest BCUT2D eigenvalue weighted by atomic mass is 32.2. The minimum absolute atomic E-state index is 0.00594. The van der Waals surface area contributed by atoms with Gasteiger partial charge in [-0.3, -0.25) is 0 Å². The molecule has 7 heteroatoms. The predicted octanol–water partition coefficient (Wildman–Crippen LogP) is 4.85. The van der Waals surface area contributed by atoms with Gasteiger partial charge in [0.2, 0.25) is 0 Å². The van der Waals surface area contributed by atoms with E-state index < -0.39 is 9.84 Å². The third kappa shape index (κ3) is 6.18.